The summed E-state index contributed by atoms with van der Waals surface area (Å²) in [5.74, 6) is 0.927. The summed E-state index contributed by atoms with van der Waals surface area (Å²) in [4.78, 5) is 32.9. The molecule has 3 N–H and O–H groups in total. The summed E-state index contributed by atoms with van der Waals surface area (Å²) in [6.07, 6.45) is 5.59. The molecule has 0 radical (unpaired) electrons. The molecule has 0 spiro atoms. The number of hydrogen-bond acceptors (Lipinski definition) is 6. The highest BCUT2D eigenvalue weighted by molar-refractivity contribution is 6.06. The summed E-state index contributed by atoms with van der Waals surface area (Å²) < 4.78 is 7.29. The van der Waals surface area contributed by atoms with E-state index in [0.717, 1.165) is 29.4 Å². The van der Waals surface area contributed by atoms with Gasteiger partial charge in [0.25, 0.3) is 5.56 Å². The normalized spacial score (nSPS) is 13.4. The maximum atomic E-state index is 13.4. The first-order valence-electron chi connectivity index (χ1n) is 13.5. The second-order valence-corrected chi connectivity index (χ2v) is 10.7. The average Bonchev–Trinajstić information content (AvgIpc) is 3.06. The fourth-order valence-electron chi connectivity index (χ4n) is 5.00. The summed E-state index contributed by atoms with van der Waals surface area (Å²) in [5, 5.41) is 11.5. The number of pyridine rings is 1. The van der Waals surface area contributed by atoms with Crippen molar-refractivity contribution < 1.29 is 14.6 Å². The maximum Gasteiger partial charge on any atom is 0.258 e. The van der Waals surface area contributed by atoms with Crippen molar-refractivity contribution in [3.8, 4) is 16.9 Å². The molecule has 0 saturated heterocycles. The molecule has 0 bridgehead atoms. The predicted molar refractivity (Wildman–Crippen MR) is 158 cm³/mol. The minimum atomic E-state index is -0.999. The van der Waals surface area contributed by atoms with Crippen LogP contribution in [-0.2, 0) is 11.3 Å². The van der Waals surface area contributed by atoms with Crippen molar-refractivity contribution in [3.05, 3.63) is 64.1 Å². The Hall–Kier alpha value is -3.91. The van der Waals surface area contributed by atoms with Gasteiger partial charge in [-0.2, -0.15) is 0 Å². The Morgan fingerprint density at radius 3 is 2.49 bits per heavy atom. The van der Waals surface area contributed by atoms with Crippen LogP contribution in [0.25, 0.3) is 28.0 Å². The Morgan fingerprint density at radius 1 is 1.13 bits per heavy atom. The number of aromatic nitrogens is 1. The summed E-state index contributed by atoms with van der Waals surface area (Å²) in [6, 6.07) is 11.4. The molecule has 2 aromatic carbocycles. The van der Waals surface area contributed by atoms with Crippen molar-refractivity contribution in [1.82, 2.24) is 9.47 Å². The SMILES string of the molecule is CCCN(CCC)C(=O)C1=Cc2c(cc(-c3ccc4c(=O)n(CC(C)(C)O)ccc4c3)cc2OC)N=C(N)C1. The van der Waals surface area contributed by atoms with Gasteiger partial charge in [0.15, 0.2) is 0 Å². The highest BCUT2D eigenvalue weighted by atomic mass is 16.5. The van der Waals surface area contributed by atoms with E-state index in [0.29, 0.717) is 46.9 Å². The summed E-state index contributed by atoms with van der Waals surface area (Å²) in [7, 11) is 1.60. The molecule has 1 amide bonds. The molecule has 3 aromatic rings. The molecular weight excluding hydrogens is 492 g/mol. The summed E-state index contributed by atoms with van der Waals surface area (Å²) in [5.41, 5.74) is 8.82. The number of rotatable bonds is 9. The van der Waals surface area contributed by atoms with E-state index in [1.54, 1.807) is 33.2 Å². The number of amidine groups is 1. The van der Waals surface area contributed by atoms with Crippen molar-refractivity contribution in [1.29, 1.82) is 0 Å². The number of hydrogen-bond donors (Lipinski definition) is 2. The fourth-order valence-corrected chi connectivity index (χ4v) is 5.00. The molecule has 8 nitrogen and oxygen atoms in total. The Bertz CT molecular complexity index is 1510. The Kier molecular flexibility index (Phi) is 8.25. The van der Waals surface area contributed by atoms with Crippen LogP contribution in [0.15, 0.2) is 58.0 Å². The second-order valence-electron chi connectivity index (χ2n) is 10.7. The van der Waals surface area contributed by atoms with E-state index in [2.05, 4.69) is 18.8 Å². The molecule has 0 fully saturated rings. The van der Waals surface area contributed by atoms with E-state index < -0.39 is 5.60 Å². The summed E-state index contributed by atoms with van der Waals surface area (Å²) >= 11 is 0. The minimum Gasteiger partial charge on any atom is -0.496 e. The first-order valence-corrected chi connectivity index (χ1v) is 13.5. The first kappa shape index (κ1) is 28.1. The molecule has 1 aliphatic rings. The third kappa shape index (κ3) is 6.23. The van der Waals surface area contributed by atoms with Crippen molar-refractivity contribution in [3.63, 3.8) is 0 Å². The van der Waals surface area contributed by atoms with Gasteiger partial charge < -0.3 is 25.0 Å². The van der Waals surface area contributed by atoms with Gasteiger partial charge in [0.05, 0.1) is 24.9 Å². The van der Waals surface area contributed by atoms with Crippen LogP contribution < -0.4 is 16.0 Å². The van der Waals surface area contributed by atoms with Gasteiger partial charge >= 0.3 is 0 Å². The van der Waals surface area contributed by atoms with Gasteiger partial charge in [-0.15, -0.1) is 0 Å². The molecule has 2 heterocycles. The number of carbonyl (C=O) groups excluding carboxylic acids is 1. The molecule has 0 saturated carbocycles. The Labute approximate surface area is 229 Å². The topological polar surface area (TPSA) is 110 Å². The van der Waals surface area contributed by atoms with E-state index in [4.69, 9.17) is 10.5 Å². The highest BCUT2D eigenvalue weighted by Gasteiger charge is 2.23. The Morgan fingerprint density at radius 2 is 1.85 bits per heavy atom. The number of carbonyl (C=O) groups is 1. The Balaban J connectivity index is 1.77. The predicted octanol–water partition coefficient (Wildman–Crippen LogP) is 4.87. The molecule has 39 heavy (non-hydrogen) atoms. The zero-order valence-corrected chi connectivity index (χ0v) is 23.5. The van der Waals surface area contributed by atoms with Crippen LogP contribution in [0, 0.1) is 0 Å². The number of nitrogens with two attached hydrogens (primary N) is 1. The van der Waals surface area contributed by atoms with Crippen LogP contribution in [0.4, 0.5) is 5.69 Å². The zero-order valence-electron chi connectivity index (χ0n) is 23.5. The van der Waals surface area contributed by atoms with Crippen molar-refractivity contribution in [2.75, 3.05) is 20.2 Å². The van der Waals surface area contributed by atoms with Gasteiger partial charge in [-0.05, 0) is 79.6 Å². The van der Waals surface area contributed by atoms with Crippen LogP contribution in [0.1, 0.15) is 52.5 Å². The summed E-state index contributed by atoms with van der Waals surface area (Å²) in [6.45, 7) is 9.06. The average molecular weight is 531 g/mol. The largest absolute Gasteiger partial charge is 0.496 e. The van der Waals surface area contributed by atoms with Crippen LogP contribution in [0.5, 0.6) is 5.75 Å². The van der Waals surface area contributed by atoms with E-state index in [1.807, 2.05) is 41.3 Å². The van der Waals surface area contributed by atoms with Crippen LogP contribution in [-0.4, -0.2) is 52.1 Å². The van der Waals surface area contributed by atoms with Gasteiger partial charge in [0.2, 0.25) is 5.91 Å². The van der Waals surface area contributed by atoms with E-state index >= 15 is 0 Å². The molecule has 0 atom stereocenters. The monoisotopic (exact) mass is 530 g/mol. The molecule has 1 aliphatic heterocycles. The number of benzene rings is 2. The quantitative estimate of drug-likeness (QED) is 0.410. The van der Waals surface area contributed by atoms with Gasteiger partial charge in [-0.25, -0.2) is 4.99 Å². The zero-order chi connectivity index (χ0) is 28.3. The molecule has 0 aliphatic carbocycles. The maximum absolute atomic E-state index is 13.4. The van der Waals surface area contributed by atoms with E-state index in [1.165, 1.54) is 4.57 Å². The van der Waals surface area contributed by atoms with Crippen molar-refractivity contribution in [2.45, 2.75) is 59.1 Å². The third-order valence-electron chi connectivity index (χ3n) is 6.71. The number of nitrogens with zero attached hydrogens (tertiary/aromatic N) is 3. The number of amides is 1. The molecule has 206 valence electrons. The van der Waals surface area contributed by atoms with Crippen LogP contribution in [0.2, 0.25) is 0 Å². The highest BCUT2D eigenvalue weighted by Crippen LogP contribution is 2.39. The molecule has 8 heteroatoms. The van der Waals surface area contributed by atoms with Crippen molar-refractivity contribution in [2.24, 2.45) is 10.7 Å². The minimum absolute atomic E-state index is 0.0272. The lowest BCUT2D eigenvalue weighted by Crippen LogP contribution is -2.34. The fraction of sp³-hybridized carbons (Fsp3) is 0.387. The van der Waals surface area contributed by atoms with Crippen LogP contribution >= 0.6 is 0 Å². The van der Waals surface area contributed by atoms with Gasteiger partial charge in [0.1, 0.15) is 11.6 Å². The molecular formula is C31H38N4O4. The molecule has 4 rings (SSSR count). The second kappa shape index (κ2) is 11.5. The molecule has 1 aromatic heterocycles. The lowest BCUT2D eigenvalue weighted by Gasteiger charge is -2.22. The third-order valence-corrected chi connectivity index (χ3v) is 6.71. The van der Waals surface area contributed by atoms with Crippen molar-refractivity contribution >= 4 is 34.3 Å². The van der Waals surface area contributed by atoms with E-state index in [-0.39, 0.29) is 24.4 Å². The number of ether oxygens (including phenoxy) is 1. The standard InChI is InChI=1S/C31H38N4O4/c1-6-11-34(12-7-2)29(36)23-15-25-26(33-28(32)18-23)16-22(17-27(25)39-5)20-8-9-24-21(14-20)10-13-35(30(24)37)19-31(3,4)38/h8-10,13-17,38H,6-7,11-12,18-19H2,1-5H3,(H2,32,33). The lowest BCUT2D eigenvalue weighted by molar-refractivity contribution is -0.127. The number of aliphatic hydroxyl groups is 1. The van der Waals surface area contributed by atoms with Gasteiger partial charge in [-0.1, -0.05) is 19.9 Å². The molecule has 0 unspecified atom stereocenters. The van der Waals surface area contributed by atoms with Gasteiger partial charge in [0, 0.05) is 42.2 Å². The lowest BCUT2D eigenvalue weighted by atomic mass is 9.98. The number of aliphatic imine (C=N–C) groups is 1. The van der Waals surface area contributed by atoms with Gasteiger partial charge in [-0.3, -0.25) is 9.59 Å². The number of fused-ring (bicyclic) bond motifs is 2. The number of methoxy groups -OCH3 is 1. The smallest absolute Gasteiger partial charge is 0.258 e. The van der Waals surface area contributed by atoms with E-state index in [9.17, 15) is 14.7 Å². The van der Waals surface area contributed by atoms with Crippen LogP contribution in [0.3, 0.4) is 0 Å². The first-order chi connectivity index (χ1) is 18.5.